The van der Waals surface area contributed by atoms with Crippen molar-refractivity contribution < 1.29 is 36.4 Å². The molecule has 0 saturated heterocycles. The van der Waals surface area contributed by atoms with E-state index in [1.54, 1.807) is 0 Å². The smallest absolute Gasteiger partial charge is 0 e. The molecule has 0 aliphatic rings. The Morgan fingerprint density at radius 2 is 0.733 bits per heavy atom. The summed E-state index contributed by atoms with van der Waals surface area (Å²) in [6.07, 6.45) is 0. The van der Waals surface area contributed by atoms with Gasteiger partial charge in [0.15, 0.2) is 0 Å². The Balaban J connectivity index is 0.000000258. The predicted molar refractivity (Wildman–Crippen MR) is 124 cm³/mol. The molecule has 0 atom stereocenters. The van der Waals surface area contributed by atoms with Crippen LogP contribution in [0.3, 0.4) is 0 Å². The van der Waals surface area contributed by atoms with Crippen LogP contribution in [-0.2, 0) is 36.4 Å². The predicted octanol–water partition coefficient (Wildman–Crippen LogP) is 7.25. The number of hydrogen-bond acceptors (Lipinski definition) is 2. The zero-order chi connectivity index (χ0) is 20.9. The maximum absolute atomic E-state index is 5.85. The molecule has 0 aliphatic heterocycles. The van der Waals surface area contributed by atoms with E-state index < -0.39 is 0 Å². The molecule has 0 spiro atoms. The van der Waals surface area contributed by atoms with Crippen molar-refractivity contribution in [2.24, 2.45) is 0 Å². The van der Waals surface area contributed by atoms with E-state index in [9.17, 15) is 0 Å². The Bertz CT molecular complexity index is 903. The van der Waals surface area contributed by atoms with E-state index in [1.165, 1.54) is 11.1 Å². The van der Waals surface area contributed by atoms with Crippen LogP contribution in [-0.4, -0.2) is 0 Å². The van der Waals surface area contributed by atoms with Crippen LogP contribution in [0.2, 0.25) is 0 Å². The molecule has 0 unspecified atom stereocenters. The summed E-state index contributed by atoms with van der Waals surface area (Å²) in [5.74, 6) is 0. The average molecular weight is 622 g/mol. The van der Waals surface area contributed by atoms with Crippen molar-refractivity contribution in [2.75, 3.05) is 11.5 Å². The van der Waals surface area contributed by atoms with E-state index in [1.807, 2.05) is 84.9 Å². The second-order valence-electron chi connectivity index (χ2n) is 5.95. The van der Waals surface area contributed by atoms with Gasteiger partial charge in [-0.1, -0.05) is 97.1 Å². The number of para-hydroxylation sites is 2. The molecule has 0 radical (unpaired) electrons. The first-order valence-electron chi connectivity index (χ1n) is 8.79. The largest absolute Gasteiger partial charge is 0 e. The first-order chi connectivity index (χ1) is 14.2. The van der Waals surface area contributed by atoms with Crippen LogP contribution >= 0.6 is 19.1 Å². The molecule has 0 saturated carbocycles. The fraction of sp³-hybridized carbons (Fsp3) is 0. The van der Waals surface area contributed by atoms with Gasteiger partial charge in [0, 0.05) is 42.9 Å². The second kappa shape index (κ2) is 15.2. The first-order valence-corrected chi connectivity index (χ1v) is 12.8. The van der Waals surface area contributed by atoms with Crippen LogP contribution in [0.5, 0.6) is 0 Å². The monoisotopic (exact) mass is 620 g/mol. The molecule has 0 heterocycles. The second-order valence-corrected chi connectivity index (χ2v) is 8.31. The molecule has 6 heteroatoms. The van der Waals surface area contributed by atoms with E-state index in [2.05, 4.69) is 24.3 Å². The normalized spacial score (nSPS) is 9.27. The van der Waals surface area contributed by atoms with Gasteiger partial charge in [0.1, 0.15) is 0 Å². The maximum Gasteiger partial charge on any atom is 0 e. The van der Waals surface area contributed by atoms with Gasteiger partial charge in [-0.3, -0.25) is 0 Å². The van der Waals surface area contributed by atoms with Gasteiger partial charge < -0.3 is 11.5 Å². The van der Waals surface area contributed by atoms with Gasteiger partial charge in [0.05, 0.1) is 0 Å². The fourth-order valence-corrected chi connectivity index (χ4v) is 2.76. The van der Waals surface area contributed by atoms with Gasteiger partial charge in [-0.05, 0) is 23.3 Å². The van der Waals surface area contributed by atoms with E-state index in [0.29, 0.717) is 0 Å². The molecule has 4 N–H and O–H groups in total. The fourth-order valence-electron chi connectivity index (χ4n) is 2.76. The Morgan fingerprint density at radius 3 is 1.03 bits per heavy atom. The third-order valence-electron chi connectivity index (χ3n) is 4.09. The van der Waals surface area contributed by atoms with Gasteiger partial charge in [0.25, 0.3) is 0 Å². The van der Waals surface area contributed by atoms with Crippen molar-refractivity contribution in [1.82, 2.24) is 0 Å². The molecule has 162 valence electrons. The number of halogens is 2. The topological polar surface area (TPSA) is 52.0 Å². The van der Waals surface area contributed by atoms with Gasteiger partial charge in [-0.15, -0.1) is 0 Å². The molecule has 0 bridgehead atoms. The number of nitrogen functional groups attached to an aromatic ring is 2. The van der Waals surface area contributed by atoms with Crippen LogP contribution < -0.4 is 11.5 Å². The van der Waals surface area contributed by atoms with Gasteiger partial charge in [-0.25, -0.2) is 0 Å². The first kappa shape index (κ1) is 26.4. The number of benzene rings is 4. The Labute approximate surface area is 208 Å². The van der Waals surface area contributed by atoms with Gasteiger partial charge in [-0.2, -0.15) is 0 Å². The minimum atomic E-state index is -0.106. The molecule has 4 aromatic carbocycles. The SMILES string of the molecule is Nc1ccccc1-c1ccccc1.Nc1ccccc1-c1ccccc1.[Cl][Pd][Cl].[Pd]. The summed E-state index contributed by atoms with van der Waals surface area (Å²) in [7, 11) is 9.63. The number of hydrogen-bond donors (Lipinski definition) is 2. The summed E-state index contributed by atoms with van der Waals surface area (Å²) in [6.45, 7) is 0. The van der Waals surface area contributed by atoms with Crippen molar-refractivity contribution >= 4 is 30.4 Å². The minimum Gasteiger partial charge on any atom is 0 e. The van der Waals surface area contributed by atoms with E-state index >= 15 is 0 Å². The van der Waals surface area contributed by atoms with Crippen LogP contribution in [0.25, 0.3) is 22.3 Å². The third kappa shape index (κ3) is 8.63. The Kier molecular flexibility index (Phi) is 13.4. The van der Waals surface area contributed by atoms with Crippen molar-refractivity contribution in [3.8, 4) is 22.3 Å². The van der Waals surface area contributed by atoms with E-state index in [4.69, 9.17) is 30.5 Å². The van der Waals surface area contributed by atoms with Crippen LogP contribution in [0, 0.1) is 0 Å². The Hall–Kier alpha value is -1.62. The van der Waals surface area contributed by atoms with Crippen molar-refractivity contribution in [3.05, 3.63) is 109 Å². The summed E-state index contributed by atoms with van der Waals surface area (Å²) in [5, 5.41) is 0. The summed E-state index contributed by atoms with van der Waals surface area (Å²) in [6, 6.07) is 36.1. The average Bonchev–Trinajstić information content (AvgIpc) is 2.77. The molecule has 0 aliphatic carbocycles. The van der Waals surface area contributed by atoms with E-state index in [0.717, 1.165) is 22.5 Å². The quantitative estimate of drug-likeness (QED) is 0.183. The standard InChI is InChI=1S/2C12H11N.2ClH.2Pd/c2*13-12-9-5-4-8-11(12)10-6-2-1-3-7-10;;;;/h2*1-9H,13H2;2*1H;;/q;;;;;+2/p-2. The number of rotatable bonds is 2. The molecule has 30 heavy (non-hydrogen) atoms. The van der Waals surface area contributed by atoms with Crippen molar-refractivity contribution in [1.29, 1.82) is 0 Å². The molecule has 0 fully saturated rings. The Morgan fingerprint density at radius 1 is 0.467 bits per heavy atom. The van der Waals surface area contributed by atoms with Crippen molar-refractivity contribution in [3.63, 3.8) is 0 Å². The van der Waals surface area contributed by atoms with E-state index in [-0.39, 0.29) is 36.4 Å². The maximum atomic E-state index is 5.85. The molecular formula is C24H22Cl2N2Pd2. The van der Waals surface area contributed by atoms with Gasteiger partial charge in [0.2, 0.25) is 0 Å². The summed E-state index contributed by atoms with van der Waals surface area (Å²) >= 11 is -0.106. The van der Waals surface area contributed by atoms with Crippen LogP contribution in [0.15, 0.2) is 109 Å². The third-order valence-corrected chi connectivity index (χ3v) is 4.09. The molecular weight excluding hydrogens is 600 g/mol. The summed E-state index contributed by atoms with van der Waals surface area (Å²) < 4.78 is 0. The molecule has 0 aromatic heterocycles. The summed E-state index contributed by atoms with van der Waals surface area (Å²) in [4.78, 5) is 0. The number of anilines is 2. The molecule has 0 amide bonds. The molecule has 2 nitrogen and oxygen atoms in total. The zero-order valence-electron chi connectivity index (χ0n) is 15.9. The molecule has 4 aromatic rings. The van der Waals surface area contributed by atoms with Gasteiger partial charge >= 0.3 is 35.0 Å². The number of nitrogens with two attached hydrogens (primary N) is 2. The van der Waals surface area contributed by atoms with Crippen LogP contribution in [0.4, 0.5) is 11.4 Å². The van der Waals surface area contributed by atoms with Crippen molar-refractivity contribution in [2.45, 2.75) is 0 Å². The summed E-state index contributed by atoms with van der Waals surface area (Å²) in [5.41, 5.74) is 17.9. The minimum absolute atomic E-state index is 0. The van der Waals surface area contributed by atoms with Crippen LogP contribution in [0.1, 0.15) is 0 Å². The zero-order valence-corrected chi connectivity index (χ0v) is 20.6. The molecule has 4 rings (SSSR count).